The molecule has 142 valence electrons. The average molecular weight is 369 g/mol. The molecule has 2 saturated carbocycles. The maximum absolute atomic E-state index is 12.3. The molecule has 3 aliphatic rings. The highest BCUT2D eigenvalue weighted by Crippen LogP contribution is 2.62. The van der Waals surface area contributed by atoms with Gasteiger partial charge in [-0.05, 0) is 61.8 Å². The van der Waals surface area contributed by atoms with E-state index in [4.69, 9.17) is 14.2 Å². The summed E-state index contributed by atoms with van der Waals surface area (Å²) < 4.78 is 17.6. The first-order valence-corrected chi connectivity index (χ1v) is 10.3. The fraction of sp³-hybridized carbons (Fsp3) is 0.850. The van der Waals surface area contributed by atoms with E-state index < -0.39 is 5.79 Å². The highest BCUT2D eigenvalue weighted by Gasteiger charge is 2.64. The summed E-state index contributed by atoms with van der Waals surface area (Å²) >= 11 is 1.27. The number of hydrogen-bond donors (Lipinski definition) is 0. The van der Waals surface area contributed by atoms with Crippen LogP contribution in [0.1, 0.15) is 52.9 Å². The monoisotopic (exact) mass is 368 g/mol. The molecule has 0 aliphatic heterocycles. The molecule has 0 aromatic heterocycles. The minimum Gasteiger partial charge on any atom is -0.450 e. The van der Waals surface area contributed by atoms with E-state index in [1.807, 2.05) is 20.8 Å². The molecule has 0 heterocycles. The van der Waals surface area contributed by atoms with Gasteiger partial charge in [-0.15, -0.1) is 0 Å². The lowest BCUT2D eigenvalue weighted by molar-refractivity contribution is -0.239. The van der Waals surface area contributed by atoms with Gasteiger partial charge in [-0.1, -0.05) is 26.8 Å². The van der Waals surface area contributed by atoms with Crippen LogP contribution < -0.4 is 0 Å². The first-order valence-electron chi connectivity index (χ1n) is 9.47. The lowest BCUT2D eigenvalue weighted by atomic mass is 9.73. The van der Waals surface area contributed by atoms with Crippen molar-refractivity contribution in [2.75, 3.05) is 14.2 Å². The summed E-state index contributed by atoms with van der Waals surface area (Å²) in [5.41, 5.74) is 0. The number of rotatable bonds is 3. The van der Waals surface area contributed by atoms with Crippen molar-refractivity contribution in [3.8, 4) is 0 Å². The SMILES string of the molecule is COC1(OC)C2CCC1C1CC(OC(=O)SC(C)(C)C)/C=C/CCC12. The molecule has 0 radical (unpaired) electrons. The molecule has 2 bridgehead atoms. The van der Waals surface area contributed by atoms with Gasteiger partial charge in [0.2, 0.25) is 0 Å². The number of fused-ring (bicyclic) bond motifs is 5. The van der Waals surface area contributed by atoms with E-state index in [1.54, 1.807) is 14.2 Å². The molecule has 0 amide bonds. The van der Waals surface area contributed by atoms with Crippen LogP contribution >= 0.6 is 11.8 Å². The summed E-state index contributed by atoms with van der Waals surface area (Å²) in [5.74, 6) is 1.53. The van der Waals surface area contributed by atoms with E-state index in [-0.39, 0.29) is 16.2 Å². The van der Waals surface area contributed by atoms with Gasteiger partial charge in [0.15, 0.2) is 5.79 Å². The van der Waals surface area contributed by atoms with E-state index in [0.29, 0.717) is 23.7 Å². The van der Waals surface area contributed by atoms with Crippen molar-refractivity contribution in [3.05, 3.63) is 12.2 Å². The summed E-state index contributed by atoms with van der Waals surface area (Å²) in [6.45, 7) is 6.10. The smallest absolute Gasteiger partial charge is 0.368 e. The molecule has 0 N–H and O–H groups in total. The maximum Gasteiger partial charge on any atom is 0.368 e. The molecular formula is C20H32O4S. The maximum atomic E-state index is 12.3. The molecule has 2 fully saturated rings. The van der Waals surface area contributed by atoms with E-state index >= 15 is 0 Å². The minimum absolute atomic E-state index is 0.126. The average Bonchev–Trinajstić information content (AvgIpc) is 2.97. The third kappa shape index (κ3) is 3.65. The van der Waals surface area contributed by atoms with Crippen LogP contribution in [-0.4, -0.2) is 36.2 Å². The van der Waals surface area contributed by atoms with Crippen LogP contribution in [0.5, 0.6) is 0 Å². The molecule has 0 aromatic rings. The second kappa shape index (κ2) is 7.24. The Balaban J connectivity index is 1.74. The normalized spacial score (nSPS) is 37.9. The van der Waals surface area contributed by atoms with Crippen molar-refractivity contribution in [2.45, 2.75) is 69.5 Å². The van der Waals surface area contributed by atoms with E-state index in [0.717, 1.165) is 19.3 Å². The molecule has 3 aliphatic carbocycles. The molecule has 0 aromatic carbocycles. The Morgan fingerprint density at radius 3 is 2.32 bits per heavy atom. The lowest BCUT2D eigenvalue weighted by Crippen LogP contribution is -2.40. The summed E-state index contributed by atoms with van der Waals surface area (Å²) in [4.78, 5) is 12.3. The number of thioether (sulfide) groups is 1. The second-order valence-electron chi connectivity index (χ2n) is 8.61. The zero-order valence-electron chi connectivity index (χ0n) is 16.1. The van der Waals surface area contributed by atoms with Crippen molar-refractivity contribution in [1.82, 2.24) is 0 Å². The molecule has 5 unspecified atom stereocenters. The number of hydrogen-bond acceptors (Lipinski definition) is 5. The van der Waals surface area contributed by atoms with Crippen molar-refractivity contribution in [1.29, 1.82) is 0 Å². The predicted molar refractivity (Wildman–Crippen MR) is 101 cm³/mol. The van der Waals surface area contributed by atoms with E-state index in [2.05, 4.69) is 12.2 Å². The van der Waals surface area contributed by atoms with Gasteiger partial charge in [-0.2, -0.15) is 0 Å². The van der Waals surface area contributed by atoms with Gasteiger partial charge in [0, 0.05) is 30.8 Å². The van der Waals surface area contributed by atoms with Crippen molar-refractivity contribution in [3.63, 3.8) is 0 Å². The fourth-order valence-electron chi connectivity index (χ4n) is 5.47. The van der Waals surface area contributed by atoms with Crippen LogP contribution in [0.2, 0.25) is 0 Å². The minimum atomic E-state index is -0.436. The highest BCUT2D eigenvalue weighted by atomic mass is 32.2. The Morgan fingerprint density at radius 2 is 1.72 bits per heavy atom. The Morgan fingerprint density at radius 1 is 1.08 bits per heavy atom. The van der Waals surface area contributed by atoms with Gasteiger partial charge in [-0.3, -0.25) is 0 Å². The quantitative estimate of drug-likeness (QED) is 0.397. The summed E-state index contributed by atoms with van der Waals surface area (Å²) in [6, 6.07) is 0. The van der Waals surface area contributed by atoms with Gasteiger partial charge in [0.25, 0.3) is 0 Å². The number of carbonyl (C=O) groups is 1. The van der Waals surface area contributed by atoms with E-state index in [9.17, 15) is 4.79 Å². The van der Waals surface area contributed by atoms with Crippen molar-refractivity contribution >= 4 is 17.1 Å². The third-order valence-corrected chi connectivity index (χ3v) is 7.08. The Labute approximate surface area is 156 Å². The molecule has 4 nitrogen and oxygen atoms in total. The summed E-state index contributed by atoms with van der Waals surface area (Å²) in [5, 5.41) is -0.174. The predicted octanol–water partition coefficient (Wildman–Crippen LogP) is 5.02. The topological polar surface area (TPSA) is 44.8 Å². The van der Waals surface area contributed by atoms with Crippen molar-refractivity contribution in [2.24, 2.45) is 23.7 Å². The number of methoxy groups -OCH3 is 2. The Bertz CT molecular complexity index is 520. The van der Waals surface area contributed by atoms with Gasteiger partial charge in [0.1, 0.15) is 6.10 Å². The van der Waals surface area contributed by atoms with Crippen LogP contribution in [0.4, 0.5) is 4.79 Å². The second-order valence-corrected chi connectivity index (χ2v) is 10.4. The van der Waals surface area contributed by atoms with Gasteiger partial charge < -0.3 is 14.2 Å². The molecule has 25 heavy (non-hydrogen) atoms. The van der Waals surface area contributed by atoms with Crippen molar-refractivity contribution < 1.29 is 19.0 Å². The molecule has 5 heteroatoms. The van der Waals surface area contributed by atoms with Crippen LogP contribution in [0.25, 0.3) is 0 Å². The first-order chi connectivity index (χ1) is 11.8. The zero-order chi connectivity index (χ0) is 18.2. The highest BCUT2D eigenvalue weighted by molar-refractivity contribution is 8.14. The Kier molecular flexibility index (Phi) is 5.57. The zero-order valence-corrected chi connectivity index (χ0v) is 16.9. The molecule has 0 spiro atoms. The molecular weight excluding hydrogens is 336 g/mol. The molecule has 5 atom stereocenters. The van der Waals surface area contributed by atoms with E-state index in [1.165, 1.54) is 24.6 Å². The number of allylic oxidation sites excluding steroid dienone is 1. The van der Waals surface area contributed by atoms with Gasteiger partial charge >= 0.3 is 5.30 Å². The van der Waals surface area contributed by atoms with Crippen LogP contribution in [0, 0.1) is 23.7 Å². The fourth-order valence-corrected chi connectivity index (χ4v) is 6.14. The Hall–Kier alpha value is -0.520. The van der Waals surface area contributed by atoms with Crippen LogP contribution in [-0.2, 0) is 14.2 Å². The standard InChI is InChI=1S/C20H32O4S/c1-19(2,3)25-18(21)24-13-8-6-7-9-14-15(12-13)17-11-10-16(14)20(17,22-4)23-5/h6,8,13-17H,7,9-12H2,1-5H3/b8-6+. The summed E-state index contributed by atoms with van der Waals surface area (Å²) in [6.07, 6.45) is 9.56. The lowest BCUT2D eigenvalue weighted by Gasteiger charge is -2.33. The van der Waals surface area contributed by atoms with Crippen LogP contribution in [0.15, 0.2) is 12.2 Å². The first kappa shape index (κ1) is 19.2. The largest absolute Gasteiger partial charge is 0.450 e. The number of carbonyl (C=O) groups excluding carboxylic acids is 1. The van der Waals surface area contributed by atoms with Gasteiger partial charge in [-0.25, -0.2) is 4.79 Å². The van der Waals surface area contributed by atoms with Gasteiger partial charge in [0.05, 0.1) is 0 Å². The summed E-state index contributed by atoms with van der Waals surface area (Å²) in [7, 11) is 3.56. The number of ether oxygens (including phenoxy) is 3. The molecule has 0 saturated heterocycles. The third-order valence-electron chi connectivity index (χ3n) is 6.20. The molecule has 3 rings (SSSR count). The van der Waals surface area contributed by atoms with Crippen LogP contribution in [0.3, 0.4) is 0 Å².